The van der Waals surface area contributed by atoms with E-state index in [9.17, 15) is 9.59 Å². The van der Waals surface area contributed by atoms with Gasteiger partial charge in [-0.15, -0.1) is 11.3 Å². The zero-order chi connectivity index (χ0) is 15.6. The van der Waals surface area contributed by atoms with Crippen LogP contribution in [0.15, 0.2) is 10.9 Å². The molecule has 1 unspecified atom stereocenters. The highest BCUT2D eigenvalue weighted by molar-refractivity contribution is 7.18. The number of fused-ring (bicyclic) bond motifs is 1. The lowest BCUT2D eigenvalue weighted by Crippen LogP contribution is -2.33. The summed E-state index contributed by atoms with van der Waals surface area (Å²) in [5.41, 5.74) is -0.159. The minimum Gasteiger partial charge on any atom is -0.464 e. The van der Waals surface area contributed by atoms with Crippen molar-refractivity contribution in [3.8, 4) is 0 Å². The molecule has 2 rings (SSSR count). The van der Waals surface area contributed by atoms with Gasteiger partial charge in [-0.25, -0.2) is 9.78 Å². The Hall–Kier alpha value is -1.69. The lowest BCUT2D eigenvalue weighted by atomic mass is 10.2. The van der Waals surface area contributed by atoms with Gasteiger partial charge in [0.25, 0.3) is 5.56 Å². The molecule has 0 fully saturated rings. The van der Waals surface area contributed by atoms with E-state index in [1.807, 2.05) is 19.9 Å². The van der Waals surface area contributed by atoms with Gasteiger partial charge in [0.1, 0.15) is 16.7 Å². The van der Waals surface area contributed by atoms with Gasteiger partial charge in [0.15, 0.2) is 0 Å². The molecule has 0 radical (unpaired) electrons. The molecule has 1 atom stereocenters. The molecule has 0 saturated carbocycles. The van der Waals surface area contributed by atoms with Crippen molar-refractivity contribution in [1.29, 1.82) is 0 Å². The molecular formula is C15H20N2O3S. The monoisotopic (exact) mass is 308 g/mol. The van der Waals surface area contributed by atoms with Gasteiger partial charge in [0.2, 0.25) is 0 Å². The van der Waals surface area contributed by atoms with Crippen molar-refractivity contribution in [3.63, 3.8) is 0 Å². The van der Waals surface area contributed by atoms with Crippen LogP contribution in [0.25, 0.3) is 10.2 Å². The van der Waals surface area contributed by atoms with Crippen LogP contribution in [0.5, 0.6) is 0 Å². The molecule has 0 aliphatic carbocycles. The highest BCUT2D eigenvalue weighted by atomic mass is 32.1. The standard InChI is InChI=1S/C15H20N2O3S/c1-5-10-8-11-13(21-10)16-9(4)17(14(11)18)12(6-2)15(19)20-7-3/h8,12H,5-7H2,1-4H3. The number of carbonyl (C=O) groups excluding carboxylic acids is 1. The number of carbonyl (C=O) groups is 1. The Labute approximate surface area is 127 Å². The highest BCUT2D eigenvalue weighted by Crippen LogP contribution is 2.23. The summed E-state index contributed by atoms with van der Waals surface area (Å²) >= 11 is 1.53. The predicted octanol–water partition coefficient (Wildman–Crippen LogP) is 2.84. The normalized spacial score (nSPS) is 12.6. The molecule has 2 aromatic heterocycles. The summed E-state index contributed by atoms with van der Waals surface area (Å²) in [4.78, 5) is 31.1. The topological polar surface area (TPSA) is 61.2 Å². The van der Waals surface area contributed by atoms with Crippen LogP contribution in [0, 0.1) is 6.92 Å². The second-order valence-corrected chi connectivity index (χ2v) is 5.91. The van der Waals surface area contributed by atoms with E-state index in [1.54, 1.807) is 13.8 Å². The van der Waals surface area contributed by atoms with Gasteiger partial charge in [-0.05, 0) is 32.8 Å². The molecule has 0 spiro atoms. The van der Waals surface area contributed by atoms with Gasteiger partial charge in [-0.3, -0.25) is 9.36 Å². The second kappa shape index (κ2) is 6.39. The van der Waals surface area contributed by atoms with Crippen molar-refractivity contribution in [3.05, 3.63) is 27.1 Å². The summed E-state index contributed by atoms with van der Waals surface area (Å²) in [7, 11) is 0. The number of nitrogens with zero attached hydrogens (tertiary/aromatic N) is 2. The SMILES string of the molecule is CCOC(=O)C(CC)n1c(C)nc2sc(CC)cc2c1=O. The van der Waals surface area contributed by atoms with Crippen molar-refractivity contribution >= 4 is 27.5 Å². The van der Waals surface area contributed by atoms with E-state index >= 15 is 0 Å². The average molecular weight is 308 g/mol. The van der Waals surface area contributed by atoms with Crippen molar-refractivity contribution < 1.29 is 9.53 Å². The first kappa shape index (κ1) is 15.7. The molecule has 0 aliphatic rings. The Morgan fingerprint density at radius 1 is 1.43 bits per heavy atom. The quantitative estimate of drug-likeness (QED) is 0.797. The molecule has 114 valence electrons. The zero-order valence-electron chi connectivity index (χ0n) is 12.8. The van der Waals surface area contributed by atoms with Gasteiger partial charge < -0.3 is 4.74 Å². The maximum Gasteiger partial charge on any atom is 0.329 e. The summed E-state index contributed by atoms with van der Waals surface area (Å²) in [6.07, 6.45) is 1.37. The van der Waals surface area contributed by atoms with E-state index in [2.05, 4.69) is 4.98 Å². The van der Waals surface area contributed by atoms with E-state index in [4.69, 9.17) is 4.74 Å². The minimum absolute atomic E-state index is 0.159. The van der Waals surface area contributed by atoms with Crippen molar-refractivity contribution in [1.82, 2.24) is 9.55 Å². The van der Waals surface area contributed by atoms with Crippen LogP contribution in [0.4, 0.5) is 0 Å². The third-order valence-electron chi connectivity index (χ3n) is 3.43. The third kappa shape index (κ3) is 2.85. The molecule has 2 aromatic rings. The maximum absolute atomic E-state index is 12.7. The third-order valence-corrected chi connectivity index (χ3v) is 4.60. The summed E-state index contributed by atoms with van der Waals surface area (Å²) < 4.78 is 6.54. The summed E-state index contributed by atoms with van der Waals surface area (Å²) in [6, 6.07) is 1.27. The molecule has 21 heavy (non-hydrogen) atoms. The molecule has 0 amide bonds. The Morgan fingerprint density at radius 2 is 2.14 bits per heavy atom. The first-order valence-electron chi connectivity index (χ1n) is 7.21. The molecule has 0 saturated heterocycles. The number of thiophene rings is 1. The van der Waals surface area contributed by atoms with E-state index in [1.165, 1.54) is 15.9 Å². The van der Waals surface area contributed by atoms with E-state index in [0.29, 0.717) is 24.2 Å². The Bertz CT molecular complexity index is 718. The first-order chi connectivity index (χ1) is 10.0. The molecular weight excluding hydrogens is 288 g/mol. The smallest absolute Gasteiger partial charge is 0.329 e. The van der Waals surface area contributed by atoms with Gasteiger partial charge in [0.05, 0.1) is 12.0 Å². The largest absolute Gasteiger partial charge is 0.464 e. The Morgan fingerprint density at radius 3 is 2.71 bits per heavy atom. The van der Waals surface area contributed by atoms with Gasteiger partial charge in [0, 0.05) is 4.88 Å². The van der Waals surface area contributed by atoms with Crippen LogP contribution in [-0.4, -0.2) is 22.1 Å². The van der Waals surface area contributed by atoms with Crippen LogP contribution in [-0.2, 0) is 16.0 Å². The van der Waals surface area contributed by atoms with Crippen molar-refractivity contribution in [2.45, 2.75) is 46.6 Å². The number of esters is 1. The summed E-state index contributed by atoms with van der Waals surface area (Å²) in [5.74, 6) is 0.175. The fourth-order valence-electron chi connectivity index (χ4n) is 2.38. The number of aromatic nitrogens is 2. The Balaban J connectivity index is 2.62. The van der Waals surface area contributed by atoms with Crippen LogP contribution in [0.2, 0.25) is 0 Å². The number of hydrogen-bond acceptors (Lipinski definition) is 5. The fraction of sp³-hybridized carbons (Fsp3) is 0.533. The molecule has 0 N–H and O–H groups in total. The van der Waals surface area contributed by atoms with Gasteiger partial charge in [-0.2, -0.15) is 0 Å². The van der Waals surface area contributed by atoms with Crippen LogP contribution >= 0.6 is 11.3 Å². The highest BCUT2D eigenvalue weighted by Gasteiger charge is 2.24. The van der Waals surface area contributed by atoms with Gasteiger partial charge >= 0.3 is 5.97 Å². The number of rotatable bonds is 5. The average Bonchev–Trinajstić information content (AvgIpc) is 2.86. The number of hydrogen-bond donors (Lipinski definition) is 0. The second-order valence-electron chi connectivity index (χ2n) is 4.80. The lowest BCUT2D eigenvalue weighted by molar-refractivity contribution is -0.147. The minimum atomic E-state index is -0.612. The van der Waals surface area contributed by atoms with E-state index < -0.39 is 6.04 Å². The van der Waals surface area contributed by atoms with Crippen molar-refractivity contribution in [2.24, 2.45) is 0 Å². The predicted molar refractivity (Wildman–Crippen MR) is 84.0 cm³/mol. The molecule has 0 aromatic carbocycles. The molecule has 2 heterocycles. The summed E-state index contributed by atoms with van der Waals surface area (Å²) in [5, 5.41) is 0.588. The van der Waals surface area contributed by atoms with Crippen molar-refractivity contribution in [2.75, 3.05) is 6.61 Å². The summed E-state index contributed by atoms with van der Waals surface area (Å²) in [6.45, 7) is 7.73. The molecule has 0 bridgehead atoms. The van der Waals surface area contributed by atoms with Gasteiger partial charge in [-0.1, -0.05) is 13.8 Å². The van der Waals surface area contributed by atoms with E-state index in [0.717, 1.165) is 16.1 Å². The van der Waals surface area contributed by atoms with Crippen LogP contribution in [0.1, 0.15) is 43.9 Å². The zero-order valence-corrected chi connectivity index (χ0v) is 13.6. The molecule has 0 aliphatic heterocycles. The number of ether oxygens (including phenoxy) is 1. The van der Waals surface area contributed by atoms with Crippen LogP contribution < -0.4 is 5.56 Å². The molecule has 6 heteroatoms. The number of aryl methyl sites for hydroxylation is 2. The van der Waals surface area contributed by atoms with E-state index in [-0.39, 0.29) is 11.5 Å². The maximum atomic E-state index is 12.7. The molecule has 5 nitrogen and oxygen atoms in total. The first-order valence-corrected chi connectivity index (χ1v) is 8.03. The fourth-order valence-corrected chi connectivity index (χ4v) is 3.38. The Kier molecular flexibility index (Phi) is 4.77. The van der Waals surface area contributed by atoms with Crippen LogP contribution in [0.3, 0.4) is 0 Å². The lowest BCUT2D eigenvalue weighted by Gasteiger charge is -2.18.